The molecule has 1 heterocycles. The molecular formula is C21H16FNO5. The molecule has 0 aliphatic rings. The first-order valence-corrected chi connectivity index (χ1v) is 8.29. The van der Waals surface area contributed by atoms with E-state index >= 15 is 0 Å². The van der Waals surface area contributed by atoms with E-state index in [1.54, 1.807) is 42.5 Å². The summed E-state index contributed by atoms with van der Waals surface area (Å²) < 4.78 is 28.1. The maximum Gasteiger partial charge on any atom is 0.337 e. The van der Waals surface area contributed by atoms with Gasteiger partial charge in [-0.25, -0.2) is 19.0 Å². The van der Waals surface area contributed by atoms with Crippen LogP contribution in [0.5, 0.6) is 0 Å². The van der Waals surface area contributed by atoms with E-state index in [-0.39, 0.29) is 18.3 Å². The zero-order valence-electron chi connectivity index (χ0n) is 14.9. The summed E-state index contributed by atoms with van der Waals surface area (Å²) in [6.45, 7) is -0.133. The first-order valence-electron chi connectivity index (χ1n) is 8.29. The molecule has 0 saturated heterocycles. The summed E-state index contributed by atoms with van der Waals surface area (Å²) in [5.74, 6) is -0.667. The second-order valence-corrected chi connectivity index (χ2v) is 5.68. The molecule has 142 valence electrons. The monoisotopic (exact) mass is 381 g/mol. The third kappa shape index (κ3) is 4.91. The van der Waals surface area contributed by atoms with Crippen LogP contribution in [-0.4, -0.2) is 24.0 Å². The van der Waals surface area contributed by atoms with Crippen molar-refractivity contribution < 1.29 is 27.9 Å². The number of methoxy groups -OCH3 is 1. The predicted molar refractivity (Wildman–Crippen MR) is 98.5 cm³/mol. The number of benzene rings is 2. The van der Waals surface area contributed by atoms with Crippen LogP contribution in [-0.2, 0) is 20.9 Å². The zero-order valence-corrected chi connectivity index (χ0v) is 14.9. The molecule has 0 saturated carbocycles. The third-order valence-corrected chi connectivity index (χ3v) is 3.76. The number of oxazole rings is 1. The van der Waals surface area contributed by atoms with Crippen LogP contribution in [0.25, 0.3) is 17.4 Å². The van der Waals surface area contributed by atoms with Crippen molar-refractivity contribution in [2.24, 2.45) is 0 Å². The summed E-state index contributed by atoms with van der Waals surface area (Å²) in [7, 11) is 1.31. The Bertz CT molecular complexity index is 990. The topological polar surface area (TPSA) is 78.6 Å². The Hall–Kier alpha value is -3.74. The largest absolute Gasteiger partial charge is 0.465 e. The van der Waals surface area contributed by atoms with Gasteiger partial charge in [-0.3, -0.25) is 0 Å². The molecule has 28 heavy (non-hydrogen) atoms. The molecule has 0 radical (unpaired) electrons. The fraction of sp³-hybridized carbons (Fsp3) is 0.0952. The minimum atomic E-state index is -0.571. The molecule has 6 nitrogen and oxygen atoms in total. The lowest BCUT2D eigenvalue weighted by Gasteiger charge is -2.00. The van der Waals surface area contributed by atoms with Gasteiger partial charge in [0.05, 0.1) is 18.9 Å². The Morgan fingerprint density at radius 2 is 1.82 bits per heavy atom. The standard InChI is InChI=1S/C21H16FNO5/c1-26-21(25)16-5-2-14(3-6-16)4-11-20(24)27-13-19-23-12-18(28-19)15-7-9-17(22)10-8-15/h2-12H,13H2,1H3. The lowest BCUT2D eigenvalue weighted by Crippen LogP contribution is -2.01. The SMILES string of the molecule is COC(=O)c1ccc(C=CC(=O)OCc2ncc(-c3ccc(F)cc3)o2)cc1. The third-order valence-electron chi connectivity index (χ3n) is 3.76. The Kier molecular flexibility index (Phi) is 5.96. The van der Waals surface area contributed by atoms with Crippen molar-refractivity contribution in [3.63, 3.8) is 0 Å². The lowest BCUT2D eigenvalue weighted by molar-refractivity contribution is -0.139. The van der Waals surface area contributed by atoms with E-state index in [2.05, 4.69) is 9.72 Å². The smallest absolute Gasteiger partial charge is 0.337 e. The van der Waals surface area contributed by atoms with Crippen molar-refractivity contribution in [3.05, 3.63) is 83.6 Å². The van der Waals surface area contributed by atoms with Gasteiger partial charge in [0.2, 0.25) is 5.89 Å². The summed E-state index contributed by atoms with van der Waals surface area (Å²) in [4.78, 5) is 27.2. The van der Waals surface area contributed by atoms with E-state index in [1.165, 1.54) is 31.5 Å². The van der Waals surface area contributed by atoms with Gasteiger partial charge in [-0.05, 0) is 48.0 Å². The van der Waals surface area contributed by atoms with Crippen LogP contribution < -0.4 is 0 Å². The fourth-order valence-corrected chi connectivity index (χ4v) is 2.32. The van der Waals surface area contributed by atoms with Crippen LogP contribution in [0.1, 0.15) is 21.8 Å². The maximum atomic E-state index is 13.0. The molecule has 7 heteroatoms. The van der Waals surface area contributed by atoms with Gasteiger partial charge in [0.15, 0.2) is 12.4 Å². The van der Waals surface area contributed by atoms with Gasteiger partial charge in [0.1, 0.15) is 5.82 Å². The molecule has 0 bridgehead atoms. The second-order valence-electron chi connectivity index (χ2n) is 5.68. The first kappa shape index (κ1) is 19.0. The molecule has 3 aromatic rings. The van der Waals surface area contributed by atoms with Crippen molar-refractivity contribution >= 4 is 18.0 Å². The lowest BCUT2D eigenvalue weighted by atomic mass is 10.1. The summed E-state index contributed by atoms with van der Waals surface area (Å²) in [6, 6.07) is 12.3. The molecule has 0 N–H and O–H groups in total. The average Bonchev–Trinajstić information content (AvgIpc) is 3.20. The Morgan fingerprint density at radius 1 is 1.11 bits per heavy atom. The quantitative estimate of drug-likeness (QED) is 0.474. The fourth-order valence-electron chi connectivity index (χ4n) is 2.32. The molecule has 2 aromatic carbocycles. The van der Waals surface area contributed by atoms with Crippen LogP contribution in [0.4, 0.5) is 4.39 Å². The average molecular weight is 381 g/mol. The number of ether oxygens (including phenoxy) is 2. The predicted octanol–water partition coefficient (Wildman–Crippen LogP) is 4.02. The van der Waals surface area contributed by atoms with E-state index in [1.807, 2.05) is 0 Å². The van der Waals surface area contributed by atoms with Crippen molar-refractivity contribution in [1.29, 1.82) is 0 Å². The number of carbonyl (C=O) groups is 2. The Morgan fingerprint density at radius 3 is 2.50 bits per heavy atom. The molecule has 0 aliphatic heterocycles. The Labute approximate surface area is 160 Å². The highest BCUT2D eigenvalue weighted by Gasteiger charge is 2.09. The summed E-state index contributed by atoms with van der Waals surface area (Å²) in [5.41, 5.74) is 1.81. The van der Waals surface area contributed by atoms with E-state index in [4.69, 9.17) is 9.15 Å². The second kappa shape index (κ2) is 8.77. The highest BCUT2D eigenvalue weighted by atomic mass is 19.1. The minimum absolute atomic E-state index is 0.133. The van der Waals surface area contributed by atoms with E-state index in [0.717, 1.165) is 5.56 Å². The van der Waals surface area contributed by atoms with Gasteiger partial charge in [-0.15, -0.1) is 0 Å². The number of halogens is 1. The molecule has 0 aliphatic carbocycles. The molecule has 1 aromatic heterocycles. The highest BCUT2D eigenvalue weighted by molar-refractivity contribution is 5.90. The van der Waals surface area contributed by atoms with Gasteiger partial charge in [0, 0.05) is 11.6 Å². The molecule has 0 amide bonds. The van der Waals surface area contributed by atoms with Crippen molar-refractivity contribution in [2.45, 2.75) is 6.61 Å². The summed E-state index contributed by atoms with van der Waals surface area (Å²) in [5, 5.41) is 0. The van der Waals surface area contributed by atoms with Gasteiger partial charge in [0.25, 0.3) is 0 Å². The van der Waals surface area contributed by atoms with Gasteiger partial charge >= 0.3 is 11.9 Å². The molecule has 3 rings (SSSR count). The van der Waals surface area contributed by atoms with Gasteiger partial charge in [-0.1, -0.05) is 12.1 Å². The molecule has 0 atom stereocenters. The van der Waals surface area contributed by atoms with Crippen molar-refractivity contribution in [2.75, 3.05) is 7.11 Å². The van der Waals surface area contributed by atoms with E-state index in [0.29, 0.717) is 16.9 Å². The van der Waals surface area contributed by atoms with Crippen LogP contribution in [0.2, 0.25) is 0 Å². The molecule has 0 fully saturated rings. The van der Waals surface area contributed by atoms with Crippen molar-refractivity contribution in [3.8, 4) is 11.3 Å². The number of hydrogen-bond acceptors (Lipinski definition) is 6. The first-order chi connectivity index (χ1) is 13.5. The summed E-state index contributed by atoms with van der Waals surface area (Å²) >= 11 is 0. The number of carbonyl (C=O) groups excluding carboxylic acids is 2. The minimum Gasteiger partial charge on any atom is -0.465 e. The number of hydrogen-bond donors (Lipinski definition) is 0. The van der Waals surface area contributed by atoms with Gasteiger partial charge in [-0.2, -0.15) is 0 Å². The van der Waals surface area contributed by atoms with E-state index in [9.17, 15) is 14.0 Å². The van der Waals surface area contributed by atoms with E-state index < -0.39 is 11.9 Å². The normalized spacial score (nSPS) is 10.8. The van der Waals surface area contributed by atoms with Crippen molar-refractivity contribution in [1.82, 2.24) is 4.98 Å². The van der Waals surface area contributed by atoms with Crippen LogP contribution in [0.15, 0.2) is 65.2 Å². The van der Waals surface area contributed by atoms with Crippen LogP contribution in [0, 0.1) is 5.82 Å². The summed E-state index contributed by atoms with van der Waals surface area (Å²) in [6.07, 6.45) is 4.30. The zero-order chi connectivity index (χ0) is 19.9. The number of rotatable bonds is 6. The molecular weight excluding hydrogens is 365 g/mol. The number of aromatic nitrogens is 1. The van der Waals surface area contributed by atoms with Crippen LogP contribution >= 0.6 is 0 Å². The van der Waals surface area contributed by atoms with Crippen LogP contribution in [0.3, 0.4) is 0 Å². The highest BCUT2D eigenvalue weighted by Crippen LogP contribution is 2.21. The molecule has 0 spiro atoms. The Balaban J connectivity index is 1.53. The molecule has 0 unspecified atom stereocenters. The maximum absolute atomic E-state index is 13.0. The number of esters is 2. The van der Waals surface area contributed by atoms with Gasteiger partial charge < -0.3 is 13.9 Å². The number of nitrogens with zero attached hydrogens (tertiary/aromatic N) is 1.